The molecule has 0 spiro atoms. The molecule has 3 nitrogen and oxygen atoms in total. The molecular formula is C18H19F2NO2. The van der Waals surface area contributed by atoms with Gasteiger partial charge in [-0.05, 0) is 44.5 Å². The van der Waals surface area contributed by atoms with Gasteiger partial charge >= 0.3 is 0 Å². The zero-order valence-electron chi connectivity index (χ0n) is 13.4. The van der Waals surface area contributed by atoms with E-state index in [-0.39, 0.29) is 12.5 Å². The van der Waals surface area contributed by atoms with E-state index >= 15 is 0 Å². The number of rotatable bonds is 5. The van der Waals surface area contributed by atoms with Crippen molar-refractivity contribution in [3.63, 3.8) is 0 Å². The summed E-state index contributed by atoms with van der Waals surface area (Å²) in [5.74, 6) is -1.61. The van der Waals surface area contributed by atoms with Crippen molar-refractivity contribution in [1.29, 1.82) is 0 Å². The fourth-order valence-electron chi connectivity index (χ4n) is 2.33. The van der Waals surface area contributed by atoms with Gasteiger partial charge in [-0.1, -0.05) is 17.7 Å². The van der Waals surface area contributed by atoms with Crippen LogP contribution in [0.4, 0.5) is 14.5 Å². The molecule has 0 bridgehead atoms. The van der Waals surface area contributed by atoms with Gasteiger partial charge in [-0.25, -0.2) is 8.78 Å². The van der Waals surface area contributed by atoms with Crippen LogP contribution in [0.25, 0.3) is 0 Å². The van der Waals surface area contributed by atoms with Gasteiger partial charge in [-0.3, -0.25) is 4.79 Å². The first-order valence-electron chi connectivity index (χ1n) is 7.38. The van der Waals surface area contributed by atoms with E-state index in [9.17, 15) is 13.6 Å². The molecule has 0 aromatic heterocycles. The monoisotopic (exact) mass is 319 g/mol. The van der Waals surface area contributed by atoms with Gasteiger partial charge in [0.25, 0.3) is 5.91 Å². The first kappa shape index (κ1) is 16.9. The maximum Gasteiger partial charge on any atom is 0.264 e. The van der Waals surface area contributed by atoms with Crippen molar-refractivity contribution in [3.8, 4) is 5.75 Å². The summed E-state index contributed by atoms with van der Waals surface area (Å²) >= 11 is 0. The van der Waals surface area contributed by atoms with Crippen LogP contribution in [-0.2, 0) is 4.79 Å². The molecule has 0 saturated carbocycles. The number of hydrogen-bond donors (Lipinski definition) is 0. The second-order valence-corrected chi connectivity index (χ2v) is 5.29. The van der Waals surface area contributed by atoms with Crippen molar-refractivity contribution in [2.75, 3.05) is 18.1 Å². The number of anilines is 1. The van der Waals surface area contributed by atoms with Crippen molar-refractivity contribution in [2.24, 2.45) is 0 Å². The number of nitrogens with zero attached hydrogens (tertiary/aromatic N) is 1. The van der Waals surface area contributed by atoms with Crippen LogP contribution < -0.4 is 9.64 Å². The van der Waals surface area contributed by atoms with Crippen molar-refractivity contribution in [1.82, 2.24) is 0 Å². The molecule has 1 amide bonds. The van der Waals surface area contributed by atoms with Crippen LogP contribution in [0.3, 0.4) is 0 Å². The highest BCUT2D eigenvalue weighted by Gasteiger charge is 2.16. The highest BCUT2D eigenvalue weighted by atomic mass is 19.2. The van der Waals surface area contributed by atoms with Crippen LogP contribution >= 0.6 is 0 Å². The second kappa shape index (κ2) is 7.22. The summed E-state index contributed by atoms with van der Waals surface area (Å²) in [6.07, 6.45) is 0. The molecule has 0 atom stereocenters. The molecule has 0 N–H and O–H groups in total. The van der Waals surface area contributed by atoms with E-state index in [0.717, 1.165) is 23.3 Å². The fraction of sp³-hybridized carbons (Fsp3) is 0.278. The Bertz CT molecular complexity index is 716. The van der Waals surface area contributed by atoms with Crippen LogP contribution in [-0.4, -0.2) is 19.1 Å². The second-order valence-electron chi connectivity index (χ2n) is 5.29. The first-order valence-corrected chi connectivity index (χ1v) is 7.38. The molecule has 2 aromatic carbocycles. The molecule has 5 heteroatoms. The zero-order chi connectivity index (χ0) is 17.0. The number of amides is 1. The molecule has 0 aliphatic heterocycles. The van der Waals surface area contributed by atoms with E-state index in [4.69, 9.17) is 4.74 Å². The van der Waals surface area contributed by atoms with Crippen LogP contribution in [0.15, 0.2) is 36.4 Å². The number of halogens is 2. The normalized spacial score (nSPS) is 10.5. The van der Waals surface area contributed by atoms with Crippen LogP contribution in [0.5, 0.6) is 5.75 Å². The Balaban J connectivity index is 2.09. The maximum atomic E-state index is 13.3. The third-order valence-corrected chi connectivity index (χ3v) is 3.51. The highest BCUT2D eigenvalue weighted by molar-refractivity contribution is 5.94. The highest BCUT2D eigenvalue weighted by Crippen LogP contribution is 2.20. The summed E-state index contributed by atoms with van der Waals surface area (Å²) in [7, 11) is 0. The molecule has 0 aliphatic carbocycles. The largest absolute Gasteiger partial charge is 0.483 e. The topological polar surface area (TPSA) is 29.5 Å². The molecule has 0 unspecified atom stereocenters. The summed E-state index contributed by atoms with van der Waals surface area (Å²) < 4.78 is 31.9. The molecule has 2 rings (SSSR count). The van der Waals surface area contributed by atoms with Crippen molar-refractivity contribution in [3.05, 3.63) is 59.2 Å². The average molecular weight is 319 g/mol. The van der Waals surface area contributed by atoms with Crippen LogP contribution in [0.1, 0.15) is 18.1 Å². The Labute approximate surface area is 134 Å². The third kappa shape index (κ3) is 4.06. The van der Waals surface area contributed by atoms with Gasteiger partial charge < -0.3 is 9.64 Å². The zero-order valence-corrected chi connectivity index (χ0v) is 13.4. The average Bonchev–Trinajstić information content (AvgIpc) is 2.50. The first-order chi connectivity index (χ1) is 10.9. The molecule has 0 saturated heterocycles. The summed E-state index contributed by atoms with van der Waals surface area (Å²) in [6, 6.07) is 9.06. The van der Waals surface area contributed by atoms with Gasteiger partial charge in [-0.2, -0.15) is 0 Å². The van der Waals surface area contributed by atoms with E-state index in [0.29, 0.717) is 18.0 Å². The van der Waals surface area contributed by atoms with E-state index in [1.54, 1.807) is 6.92 Å². The predicted molar refractivity (Wildman–Crippen MR) is 85.8 cm³/mol. The molecule has 2 aromatic rings. The summed E-state index contributed by atoms with van der Waals surface area (Å²) in [5, 5.41) is 0. The molecule has 0 radical (unpaired) electrons. The number of ether oxygens (including phenoxy) is 1. The van der Waals surface area contributed by atoms with Gasteiger partial charge in [-0.15, -0.1) is 0 Å². The lowest BCUT2D eigenvalue weighted by molar-refractivity contribution is -0.120. The van der Waals surface area contributed by atoms with Gasteiger partial charge in [0, 0.05) is 18.3 Å². The number of carbonyl (C=O) groups excluding carboxylic acids is 1. The number of hydrogen-bond acceptors (Lipinski definition) is 2. The standard InChI is InChI=1S/C18H19F2NO2/c1-4-21(14-6-7-15(19)16(20)10-14)18(22)11-23-17-8-5-12(2)9-13(17)3/h5-10H,4,11H2,1-3H3. The number of carbonyl (C=O) groups is 1. The van der Waals surface area contributed by atoms with Gasteiger partial charge in [0.05, 0.1) is 0 Å². The Kier molecular flexibility index (Phi) is 5.32. The maximum absolute atomic E-state index is 13.3. The van der Waals surface area contributed by atoms with E-state index in [1.807, 2.05) is 32.0 Å². The molecule has 0 fully saturated rings. The molecule has 23 heavy (non-hydrogen) atoms. The minimum Gasteiger partial charge on any atom is -0.483 e. The Morgan fingerprint density at radius 1 is 1.09 bits per heavy atom. The van der Waals surface area contributed by atoms with Crippen molar-refractivity contribution in [2.45, 2.75) is 20.8 Å². The van der Waals surface area contributed by atoms with E-state index in [1.165, 1.54) is 11.0 Å². The fourth-order valence-corrected chi connectivity index (χ4v) is 2.33. The van der Waals surface area contributed by atoms with Gasteiger partial charge in [0.1, 0.15) is 5.75 Å². The van der Waals surface area contributed by atoms with Crippen molar-refractivity contribution < 1.29 is 18.3 Å². The van der Waals surface area contributed by atoms with Crippen LogP contribution in [0.2, 0.25) is 0 Å². The number of likely N-dealkylation sites (N-methyl/N-ethyl adjacent to an activating group) is 1. The third-order valence-electron chi connectivity index (χ3n) is 3.51. The quantitative estimate of drug-likeness (QED) is 0.833. The lowest BCUT2D eigenvalue weighted by atomic mass is 10.1. The molecular weight excluding hydrogens is 300 g/mol. The summed E-state index contributed by atoms with van der Waals surface area (Å²) in [4.78, 5) is 13.7. The lowest BCUT2D eigenvalue weighted by Crippen LogP contribution is -2.35. The lowest BCUT2D eigenvalue weighted by Gasteiger charge is -2.21. The molecule has 122 valence electrons. The Morgan fingerprint density at radius 3 is 2.43 bits per heavy atom. The smallest absolute Gasteiger partial charge is 0.264 e. The van der Waals surface area contributed by atoms with Crippen molar-refractivity contribution >= 4 is 11.6 Å². The Hall–Kier alpha value is -2.43. The molecule has 0 heterocycles. The summed E-state index contributed by atoms with van der Waals surface area (Å²) in [5.41, 5.74) is 2.35. The number of benzene rings is 2. The minimum absolute atomic E-state index is 0.170. The van der Waals surface area contributed by atoms with E-state index in [2.05, 4.69) is 0 Å². The van der Waals surface area contributed by atoms with Gasteiger partial charge in [0.2, 0.25) is 0 Å². The molecule has 0 aliphatic rings. The van der Waals surface area contributed by atoms with E-state index < -0.39 is 11.6 Å². The number of aryl methyl sites for hydroxylation is 2. The van der Waals surface area contributed by atoms with Crippen LogP contribution in [0, 0.1) is 25.5 Å². The predicted octanol–water partition coefficient (Wildman–Crippen LogP) is 4.01. The Morgan fingerprint density at radius 2 is 1.83 bits per heavy atom. The summed E-state index contributed by atoms with van der Waals surface area (Å²) in [6.45, 7) is 5.80. The minimum atomic E-state index is -0.982. The van der Waals surface area contributed by atoms with Gasteiger partial charge in [0.15, 0.2) is 18.2 Å². The SMILES string of the molecule is CCN(C(=O)COc1ccc(C)cc1C)c1ccc(F)c(F)c1.